The number of aromatic nitrogens is 2. The maximum Gasteiger partial charge on any atom is 0.216 e. The van der Waals surface area contributed by atoms with Crippen molar-refractivity contribution in [3.63, 3.8) is 0 Å². The predicted molar refractivity (Wildman–Crippen MR) is 76.5 cm³/mol. The van der Waals surface area contributed by atoms with E-state index in [1.165, 1.54) is 0 Å². The number of aryl methyl sites for hydroxylation is 1. The summed E-state index contributed by atoms with van der Waals surface area (Å²) in [6.45, 7) is 3.52. The van der Waals surface area contributed by atoms with E-state index in [0.29, 0.717) is 47.0 Å². The first-order chi connectivity index (χ1) is 9.72. The van der Waals surface area contributed by atoms with Crippen molar-refractivity contribution in [1.82, 2.24) is 9.78 Å². The first kappa shape index (κ1) is 13.2. The molecule has 5 nitrogen and oxygen atoms in total. The number of ketones is 1. The minimum absolute atomic E-state index is 0.126. The van der Waals surface area contributed by atoms with Crippen molar-refractivity contribution in [3.05, 3.63) is 40.1 Å². The van der Waals surface area contributed by atoms with Crippen LogP contribution in [0.25, 0.3) is 0 Å². The number of fused-ring (bicyclic) bond motifs is 1. The van der Waals surface area contributed by atoms with E-state index in [0.717, 1.165) is 0 Å². The van der Waals surface area contributed by atoms with Gasteiger partial charge in [0.25, 0.3) is 0 Å². The van der Waals surface area contributed by atoms with Gasteiger partial charge in [-0.05, 0) is 35.0 Å². The molecule has 1 aliphatic heterocycles. The van der Waals surface area contributed by atoms with Crippen LogP contribution in [-0.4, -0.2) is 28.8 Å². The Morgan fingerprint density at radius 3 is 3.00 bits per heavy atom. The van der Waals surface area contributed by atoms with E-state index in [4.69, 9.17) is 9.47 Å². The lowest BCUT2D eigenvalue weighted by atomic mass is 10.1. The van der Waals surface area contributed by atoms with Gasteiger partial charge in [0, 0.05) is 6.54 Å². The third-order valence-electron chi connectivity index (χ3n) is 3.12. The fraction of sp³-hybridized carbons (Fsp3) is 0.286. The van der Waals surface area contributed by atoms with Gasteiger partial charge in [0.2, 0.25) is 5.78 Å². The molecule has 0 fully saturated rings. The van der Waals surface area contributed by atoms with Crippen molar-refractivity contribution in [2.45, 2.75) is 13.5 Å². The molecule has 2 aromatic rings. The minimum atomic E-state index is -0.126. The lowest BCUT2D eigenvalue weighted by Gasteiger charge is -2.20. The molecule has 1 aromatic heterocycles. The lowest BCUT2D eigenvalue weighted by molar-refractivity contribution is 0.101. The van der Waals surface area contributed by atoms with Crippen LogP contribution in [0.1, 0.15) is 23.0 Å². The van der Waals surface area contributed by atoms with E-state index < -0.39 is 0 Å². The van der Waals surface area contributed by atoms with Crippen LogP contribution in [0, 0.1) is 0 Å². The van der Waals surface area contributed by atoms with Crippen LogP contribution in [0.15, 0.2) is 28.9 Å². The summed E-state index contributed by atoms with van der Waals surface area (Å²) in [7, 11) is 0. The monoisotopic (exact) mass is 336 g/mol. The number of para-hydroxylation sites is 1. The molecule has 0 atom stereocenters. The Morgan fingerprint density at radius 2 is 2.20 bits per heavy atom. The molecule has 3 rings (SSSR count). The summed E-state index contributed by atoms with van der Waals surface area (Å²) in [6, 6.07) is 5.34. The highest BCUT2D eigenvalue weighted by molar-refractivity contribution is 9.10. The molecule has 0 spiro atoms. The van der Waals surface area contributed by atoms with Crippen LogP contribution in [0.2, 0.25) is 0 Å². The van der Waals surface area contributed by atoms with Crippen molar-refractivity contribution in [2.24, 2.45) is 0 Å². The highest BCUT2D eigenvalue weighted by Gasteiger charge is 2.25. The molecule has 1 aliphatic rings. The van der Waals surface area contributed by atoms with Crippen molar-refractivity contribution in [3.8, 4) is 11.5 Å². The van der Waals surface area contributed by atoms with Crippen molar-refractivity contribution in [1.29, 1.82) is 0 Å². The van der Waals surface area contributed by atoms with Gasteiger partial charge in [-0.2, -0.15) is 5.10 Å². The number of halogens is 1. The van der Waals surface area contributed by atoms with Crippen LogP contribution in [0.3, 0.4) is 0 Å². The highest BCUT2D eigenvalue weighted by Crippen LogP contribution is 2.35. The van der Waals surface area contributed by atoms with E-state index in [2.05, 4.69) is 21.0 Å². The predicted octanol–water partition coefficient (Wildman–Crippen LogP) is 2.67. The van der Waals surface area contributed by atoms with Gasteiger partial charge in [-0.3, -0.25) is 9.48 Å². The molecule has 0 saturated heterocycles. The first-order valence-electron chi connectivity index (χ1n) is 6.37. The maximum atomic E-state index is 12.8. The Morgan fingerprint density at radius 1 is 1.40 bits per heavy atom. The zero-order valence-corrected chi connectivity index (χ0v) is 12.5. The van der Waals surface area contributed by atoms with E-state index in [9.17, 15) is 4.79 Å². The number of rotatable bonds is 3. The lowest BCUT2D eigenvalue weighted by Crippen LogP contribution is -2.19. The summed E-state index contributed by atoms with van der Waals surface area (Å²) in [4.78, 5) is 12.8. The second-order valence-electron chi connectivity index (χ2n) is 4.32. The third kappa shape index (κ3) is 2.10. The molecule has 2 heterocycles. The summed E-state index contributed by atoms with van der Waals surface area (Å²) >= 11 is 3.38. The third-order valence-corrected chi connectivity index (χ3v) is 3.70. The fourth-order valence-corrected chi connectivity index (χ4v) is 2.68. The molecule has 0 saturated carbocycles. The average molecular weight is 337 g/mol. The number of carbonyl (C=O) groups is 1. The van der Waals surface area contributed by atoms with Crippen LogP contribution < -0.4 is 9.47 Å². The topological polar surface area (TPSA) is 53.4 Å². The molecule has 0 aliphatic carbocycles. The van der Waals surface area contributed by atoms with E-state index in [1.807, 2.05) is 6.92 Å². The number of nitrogens with zero attached hydrogens (tertiary/aromatic N) is 2. The zero-order valence-electron chi connectivity index (χ0n) is 10.9. The molecule has 0 bridgehead atoms. The quantitative estimate of drug-likeness (QED) is 0.808. The Kier molecular flexibility index (Phi) is 3.48. The Bertz CT molecular complexity index is 666. The fourth-order valence-electron chi connectivity index (χ4n) is 2.21. The molecule has 6 heteroatoms. The van der Waals surface area contributed by atoms with Gasteiger partial charge in [0.15, 0.2) is 11.5 Å². The summed E-state index contributed by atoms with van der Waals surface area (Å²) in [6.07, 6.45) is 1.63. The van der Waals surface area contributed by atoms with Gasteiger partial charge < -0.3 is 9.47 Å². The van der Waals surface area contributed by atoms with E-state index >= 15 is 0 Å². The molecule has 0 N–H and O–H groups in total. The molecule has 0 unspecified atom stereocenters. The molecule has 1 aromatic carbocycles. The Labute approximate surface area is 124 Å². The number of hydrogen-bond acceptors (Lipinski definition) is 4. The minimum Gasteiger partial charge on any atom is -0.486 e. The van der Waals surface area contributed by atoms with Crippen LogP contribution in [0.5, 0.6) is 11.5 Å². The SMILES string of the molecule is CCn1ncc(Br)c1C(=O)c1cccc2c1OCCO2. The average Bonchev–Trinajstić information content (AvgIpc) is 2.87. The zero-order chi connectivity index (χ0) is 14.1. The maximum absolute atomic E-state index is 12.8. The van der Waals surface area contributed by atoms with Crippen molar-refractivity contribution < 1.29 is 14.3 Å². The van der Waals surface area contributed by atoms with E-state index in [-0.39, 0.29) is 5.78 Å². The summed E-state index contributed by atoms with van der Waals surface area (Å²) in [5.74, 6) is 0.999. The molecular weight excluding hydrogens is 324 g/mol. The first-order valence-corrected chi connectivity index (χ1v) is 7.16. The van der Waals surface area contributed by atoms with Gasteiger partial charge in [-0.15, -0.1) is 0 Å². The van der Waals surface area contributed by atoms with Crippen LogP contribution >= 0.6 is 15.9 Å². The van der Waals surface area contributed by atoms with Gasteiger partial charge in [0.1, 0.15) is 18.9 Å². The summed E-state index contributed by atoms with van der Waals surface area (Å²) in [5, 5.41) is 4.17. The molecule has 104 valence electrons. The largest absolute Gasteiger partial charge is 0.486 e. The number of carbonyl (C=O) groups excluding carboxylic acids is 1. The summed E-state index contributed by atoms with van der Waals surface area (Å²) in [5.41, 5.74) is 1.02. The second-order valence-corrected chi connectivity index (χ2v) is 5.17. The highest BCUT2D eigenvalue weighted by atomic mass is 79.9. The molecule has 0 radical (unpaired) electrons. The normalized spacial score (nSPS) is 13.3. The summed E-state index contributed by atoms with van der Waals surface area (Å²) < 4.78 is 13.4. The van der Waals surface area contributed by atoms with Gasteiger partial charge >= 0.3 is 0 Å². The van der Waals surface area contributed by atoms with E-state index in [1.54, 1.807) is 29.1 Å². The van der Waals surface area contributed by atoms with Gasteiger partial charge in [-0.25, -0.2) is 0 Å². The molecular formula is C14H13BrN2O3. The smallest absolute Gasteiger partial charge is 0.216 e. The van der Waals surface area contributed by atoms with Crippen LogP contribution in [-0.2, 0) is 6.54 Å². The van der Waals surface area contributed by atoms with Crippen molar-refractivity contribution in [2.75, 3.05) is 13.2 Å². The second kappa shape index (κ2) is 5.28. The van der Waals surface area contributed by atoms with Gasteiger partial charge in [-0.1, -0.05) is 6.07 Å². The Balaban J connectivity index is 2.09. The number of benzene rings is 1. The van der Waals surface area contributed by atoms with Crippen LogP contribution in [0.4, 0.5) is 0 Å². The number of hydrogen-bond donors (Lipinski definition) is 0. The Hall–Kier alpha value is -1.82. The molecule has 20 heavy (non-hydrogen) atoms. The molecule has 0 amide bonds. The van der Waals surface area contributed by atoms with Gasteiger partial charge in [0.05, 0.1) is 16.2 Å². The number of ether oxygens (including phenoxy) is 2. The standard InChI is InChI=1S/C14H13BrN2O3/c1-2-17-12(10(15)8-16-17)13(18)9-4-3-5-11-14(9)20-7-6-19-11/h3-5,8H,2,6-7H2,1H3. The van der Waals surface area contributed by atoms with Crippen molar-refractivity contribution >= 4 is 21.7 Å².